The Bertz CT molecular complexity index is 576. The van der Waals surface area contributed by atoms with E-state index in [1.54, 1.807) is 12.1 Å². The van der Waals surface area contributed by atoms with Crippen molar-refractivity contribution < 1.29 is 8.78 Å². The van der Waals surface area contributed by atoms with Gasteiger partial charge in [-0.2, -0.15) is 5.26 Å². The number of hydrogen-bond acceptors (Lipinski definition) is 3. The van der Waals surface area contributed by atoms with Crippen LogP contribution in [0.1, 0.15) is 17.7 Å². The first kappa shape index (κ1) is 11.1. The summed E-state index contributed by atoms with van der Waals surface area (Å²) in [5.41, 5.74) is 1.29. The summed E-state index contributed by atoms with van der Waals surface area (Å²) in [5.74, 6) is 0. The first-order valence-corrected chi connectivity index (χ1v) is 4.80. The van der Waals surface area contributed by atoms with Crippen LogP contribution in [0.25, 0.3) is 11.1 Å². The lowest BCUT2D eigenvalue weighted by Gasteiger charge is -2.03. The highest BCUT2D eigenvalue weighted by Gasteiger charge is 2.10. The van der Waals surface area contributed by atoms with E-state index < -0.39 is 6.43 Å². The van der Waals surface area contributed by atoms with Gasteiger partial charge in [0.15, 0.2) is 0 Å². The second kappa shape index (κ2) is 4.66. The van der Waals surface area contributed by atoms with Crippen LogP contribution in [0.3, 0.4) is 0 Å². The van der Waals surface area contributed by atoms with Crippen molar-refractivity contribution in [2.45, 2.75) is 6.43 Å². The minimum Gasteiger partial charge on any atom is -0.263 e. The maximum absolute atomic E-state index is 12.5. The highest BCUT2D eigenvalue weighted by molar-refractivity contribution is 5.63. The van der Waals surface area contributed by atoms with E-state index in [4.69, 9.17) is 5.26 Å². The summed E-state index contributed by atoms with van der Waals surface area (Å²) in [5, 5.41) is 8.73. The van der Waals surface area contributed by atoms with Crippen LogP contribution in [0.2, 0.25) is 0 Å². The lowest BCUT2D eigenvalue weighted by molar-refractivity contribution is 0.146. The summed E-state index contributed by atoms with van der Waals surface area (Å²) in [7, 11) is 0. The topological polar surface area (TPSA) is 49.6 Å². The number of alkyl halides is 2. The molecule has 0 aliphatic heterocycles. The van der Waals surface area contributed by atoms with Crippen LogP contribution in [-0.2, 0) is 0 Å². The quantitative estimate of drug-likeness (QED) is 0.798. The first-order valence-electron chi connectivity index (χ1n) is 4.80. The zero-order valence-electron chi connectivity index (χ0n) is 8.64. The van der Waals surface area contributed by atoms with Crippen molar-refractivity contribution in [1.29, 1.82) is 5.26 Å². The number of hydrogen-bond donors (Lipinski definition) is 0. The van der Waals surface area contributed by atoms with E-state index in [9.17, 15) is 8.78 Å². The third-order valence-corrected chi connectivity index (χ3v) is 2.21. The van der Waals surface area contributed by atoms with Gasteiger partial charge in [-0.3, -0.25) is 9.97 Å². The average molecular weight is 231 g/mol. The van der Waals surface area contributed by atoms with Crippen molar-refractivity contribution in [2.24, 2.45) is 0 Å². The Morgan fingerprint density at radius 2 is 2.00 bits per heavy atom. The molecule has 2 heterocycles. The molecule has 0 bridgehead atoms. The fourth-order valence-corrected chi connectivity index (χ4v) is 1.41. The van der Waals surface area contributed by atoms with Gasteiger partial charge in [-0.05, 0) is 23.8 Å². The maximum atomic E-state index is 12.5. The predicted molar refractivity (Wildman–Crippen MR) is 57.1 cm³/mol. The van der Waals surface area contributed by atoms with Crippen molar-refractivity contribution >= 4 is 0 Å². The number of rotatable bonds is 2. The third-order valence-electron chi connectivity index (χ3n) is 2.21. The van der Waals surface area contributed by atoms with Crippen molar-refractivity contribution in [3.05, 3.63) is 48.0 Å². The van der Waals surface area contributed by atoms with Crippen LogP contribution in [-0.4, -0.2) is 9.97 Å². The van der Waals surface area contributed by atoms with Crippen LogP contribution in [0.15, 0.2) is 36.8 Å². The van der Waals surface area contributed by atoms with Gasteiger partial charge in [-0.15, -0.1) is 0 Å². The van der Waals surface area contributed by atoms with E-state index >= 15 is 0 Å². The molecule has 0 atom stereocenters. The fourth-order valence-electron chi connectivity index (χ4n) is 1.41. The Kier molecular flexibility index (Phi) is 3.06. The van der Waals surface area contributed by atoms with Crippen LogP contribution < -0.4 is 0 Å². The molecule has 0 unspecified atom stereocenters. The molecule has 0 N–H and O–H groups in total. The molecule has 0 saturated heterocycles. The van der Waals surface area contributed by atoms with Crippen molar-refractivity contribution in [1.82, 2.24) is 9.97 Å². The third kappa shape index (κ3) is 2.42. The van der Waals surface area contributed by atoms with Crippen LogP contribution in [0.4, 0.5) is 8.78 Å². The van der Waals surface area contributed by atoms with Gasteiger partial charge >= 0.3 is 0 Å². The molecule has 0 spiro atoms. The predicted octanol–water partition coefficient (Wildman–Crippen LogP) is 2.95. The lowest BCUT2D eigenvalue weighted by Crippen LogP contribution is -1.91. The summed E-state index contributed by atoms with van der Waals surface area (Å²) < 4.78 is 25.0. The number of nitrogens with zero attached hydrogens (tertiary/aromatic N) is 3. The Morgan fingerprint density at radius 3 is 2.71 bits per heavy atom. The molecule has 17 heavy (non-hydrogen) atoms. The monoisotopic (exact) mass is 231 g/mol. The Morgan fingerprint density at radius 1 is 1.18 bits per heavy atom. The zero-order valence-corrected chi connectivity index (χ0v) is 8.64. The Hall–Kier alpha value is -2.35. The van der Waals surface area contributed by atoms with E-state index in [0.717, 1.165) is 0 Å². The van der Waals surface area contributed by atoms with E-state index in [-0.39, 0.29) is 5.69 Å². The van der Waals surface area contributed by atoms with Crippen molar-refractivity contribution in [3.63, 3.8) is 0 Å². The van der Waals surface area contributed by atoms with Gasteiger partial charge in [0.1, 0.15) is 11.8 Å². The standard InChI is InChI=1S/C12H7F2N3/c13-12(14)11-4-9(1-2-17-11)10-3-8(5-15)6-16-7-10/h1-4,6-7,12H. The normalized spacial score (nSPS) is 10.2. The SMILES string of the molecule is N#Cc1cncc(-c2ccnc(C(F)F)c2)c1. The molecule has 0 radical (unpaired) electrons. The van der Waals surface area contributed by atoms with Gasteiger partial charge in [0.2, 0.25) is 0 Å². The molecule has 2 aromatic heterocycles. The highest BCUT2D eigenvalue weighted by Crippen LogP contribution is 2.23. The van der Waals surface area contributed by atoms with E-state index in [1.165, 1.54) is 24.7 Å². The van der Waals surface area contributed by atoms with E-state index in [1.807, 2.05) is 6.07 Å². The molecule has 0 fully saturated rings. The minimum absolute atomic E-state index is 0.287. The van der Waals surface area contributed by atoms with Gasteiger partial charge in [0, 0.05) is 24.2 Å². The second-order valence-electron chi connectivity index (χ2n) is 3.34. The van der Waals surface area contributed by atoms with Crippen molar-refractivity contribution in [3.8, 4) is 17.2 Å². The molecule has 2 aromatic rings. The maximum Gasteiger partial charge on any atom is 0.280 e. The van der Waals surface area contributed by atoms with Gasteiger partial charge in [0.25, 0.3) is 6.43 Å². The van der Waals surface area contributed by atoms with E-state index in [2.05, 4.69) is 9.97 Å². The summed E-state index contributed by atoms with van der Waals surface area (Å²) in [6.45, 7) is 0. The van der Waals surface area contributed by atoms with Gasteiger partial charge in [0.05, 0.1) is 5.56 Å². The first-order chi connectivity index (χ1) is 8.20. The van der Waals surface area contributed by atoms with Gasteiger partial charge in [-0.1, -0.05) is 0 Å². The molecular weight excluding hydrogens is 224 g/mol. The summed E-state index contributed by atoms with van der Waals surface area (Å²) in [6, 6.07) is 6.44. The fraction of sp³-hybridized carbons (Fsp3) is 0.0833. The smallest absolute Gasteiger partial charge is 0.263 e. The van der Waals surface area contributed by atoms with Crippen molar-refractivity contribution in [2.75, 3.05) is 0 Å². The molecule has 3 nitrogen and oxygen atoms in total. The summed E-state index contributed by atoms with van der Waals surface area (Å²) in [6.07, 6.45) is 1.64. The van der Waals surface area contributed by atoms with E-state index in [0.29, 0.717) is 16.7 Å². The second-order valence-corrected chi connectivity index (χ2v) is 3.34. The van der Waals surface area contributed by atoms with Gasteiger partial charge < -0.3 is 0 Å². The Balaban J connectivity index is 2.46. The summed E-state index contributed by atoms with van der Waals surface area (Å²) in [4.78, 5) is 7.45. The highest BCUT2D eigenvalue weighted by atomic mass is 19.3. The van der Waals surface area contributed by atoms with Crippen LogP contribution >= 0.6 is 0 Å². The number of aromatic nitrogens is 2. The van der Waals surface area contributed by atoms with Crippen LogP contribution in [0, 0.1) is 11.3 Å². The largest absolute Gasteiger partial charge is 0.280 e. The minimum atomic E-state index is -2.61. The lowest BCUT2D eigenvalue weighted by atomic mass is 10.1. The number of nitriles is 1. The molecule has 84 valence electrons. The molecule has 0 aliphatic carbocycles. The van der Waals surface area contributed by atoms with Crippen LogP contribution in [0.5, 0.6) is 0 Å². The van der Waals surface area contributed by atoms with Gasteiger partial charge in [-0.25, -0.2) is 8.78 Å². The molecule has 2 rings (SSSR count). The number of halogens is 2. The average Bonchev–Trinajstić information content (AvgIpc) is 2.39. The Labute approximate surface area is 96.4 Å². The molecular formula is C12H7F2N3. The molecule has 5 heteroatoms. The zero-order chi connectivity index (χ0) is 12.3. The number of pyridine rings is 2. The molecule has 0 aliphatic rings. The summed E-state index contributed by atoms with van der Waals surface area (Å²) >= 11 is 0. The molecule has 0 amide bonds. The molecule has 0 saturated carbocycles. The molecule has 0 aromatic carbocycles.